The Labute approximate surface area is 158 Å². The summed E-state index contributed by atoms with van der Waals surface area (Å²) in [5.74, 6) is -0.691. The molecule has 8 heteroatoms. The van der Waals surface area contributed by atoms with Crippen LogP contribution in [-0.4, -0.2) is 67.4 Å². The number of amides is 1. The van der Waals surface area contributed by atoms with Gasteiger partial charge in [-0.25, -0.2) is 0 Å². The highest BCUT2D eigenvalue weighted by Gasteiger charge is 2.33. The van der Waals surface area contributed by atoms with Crippen LogP contribution >= 0.6 is 11.6 Å². The lowest BCUT2D eigenvalue weighted by Crippen LogP contribution is -2.57. The summed E-state index contributed by atoms with van der Waals surface area (Å²) in [5.41, 5.74) is 0.961. The average Bonchev–Trinajstić information content (AvgIpc) is 2.63. The normalized spacial score (nSPS) is 20.3. The molecule has 26 heavy (non-hydrogen) atoms. The number of piperazine rings is 1. The maximum Gasteiger partial charge on any atom is 0.307 e. The van der Waals surface area contributed by atoms with E-state index in [1.165, 1.54) is 7.11 Å². The minimum atomic E-state index is -0.782. The van der Waals surface area contributed by atoms with Crippen LogP contribution in [-0.2, 0) is 19.1 Å². The maximum atomic E-state index is 12.0. The number of methoxy groups -OCH3 is 1. The van der Waals surface area contributed by atoms with Crippen LogP contribution in [0.1, 0.15) is 25.0 Å². The quantitative estimate of drug-likeness (QED) is 0.653. The third-order valence-corrected chi connectivity index (χ3v) is 4.60. The summed E-state index contributed by atoms with van der Waals surface area (Å²) in [7, 11) is 1.29. The first-order chi connectivity index (χ1) is 12.4. The summed E-state index contributed by atoms with van der Waals surface area (Å²) in [6.07, 6.45) is -1.02. The number of nitrogens with one attached hydrogen (secondary N) is 1. The van der Waals surface area contributed by atoms with Gasteiger partial charge in [-0.2, -0.15) is 0 Å². The molecule has 144 valence electrons. The van der Waals surface area contributed by atoms with Crippen LogP contribution < -0.4 is 5.32 Å². The topological polar surface area (TPSA) is 88.1 Å². The van der Waals surface area contributed by atoms with Crippen molar-refractivity contribution in [3.05, 3.63) is 34.9 Å². The van der Waals surface area contributed by atoms with Gasteiger partial charge in [0.05, 0.1) is 38.4 Å². The van der Waals surface area contributed by atoms with Crippen molar-refractivity contribution in [1.29, 1.82) is 0 Å². The molecule has 1 saturated heterocycles. The lowest BCUT2D eigenvalue weighted by atomic mass is 10.1. The van der Waals surface area contributed by atoms with Gasteiger partial charge in [-0.15, -0.1) is 0 Å². The van der Waals surface area contributed by atoms with Gasteiger partial charge >= 0.3 is 5.97 Å². The number of carbonyl (C=O) groups is 2. The first kappa shape index (κ1) is 20.6. The fourth-order valence-electron chi connectivity index (χ4n) is 2.85. The molecule has 0 saturated carbocycles. The molecule has 2 N–H and O–H groups in total. The van der Waals surface area contributed by atoms with E-state index in [2.05, 4.69) is 10.1 Å². The predicted molar refractivity (Wildman–Crippen MR) is 96.8 cm³/mol. The minimum Gasteiger partial charge on any atom is -0.469 e. The number of aliphatic hydroxyl groups excluding tert-OH is 1. The van der Waals surface area contributed by atoms with Gasteiger partial charge in [-0.1, -0.05) is 23.7 Å². The minimum absolute atomic E-state index is 0.0446. The Balaban J connectivity index is 1.86. The number of halogens is 1. The Hall–Kier alpha value is -1.67. The molecular formula is C18H25ClN2O5. The van der Waals surface area contributed by atoms with Crippen molar-refractivity contribution >= 4 is 23.5 Å². The lowest BCUT2D eigenvalue weighted by Gasteiger charge is -2.35. The van der Waals surface area contributed by atoms with Gasteiger partial charge in [-0.3, -0.25) is 14.5 Å². The van der Waals surface area contributed by atoms with Crippen LogP contribution in [0.5, 0.6) is 0 Å². The van der Waals surface area contributed by atoms with Crippen molar-refractivity contribution in [2.45, 2.75) is 31.6 Å². The molecule has 0 aliphatic carbocycles. The Bertz CT molecular complexity index is 610. The Morgan fingerprint density at radius 3 is 2.77 bits per heavy atom. The summed E-state index contributed by atoms with van der Waals surface area (Å²) in [5, 5.41) is 13.7. The van der Waals surface area contributed by atoms with Gasteiger partial charge < -0.3 is 19.9 Å². The number of hydrogen-bond donors (Lipinski definition) is 2. The van der Waals surface area contributed by atoms with Gasteiger partial charge in [0.15, 0.2) is 0 Å². The molecule has 1 heterocycles. The van der Waals surface area contributed by atoms with Gasteiger partial charge in [0.2, 0.25) is 5.91 Å². The fraction of sp³-hybridized carbons (Fsp3) is 0.556. The first-order valence-corrected chi connectivity index (χ1v) is 8.92. The predicted octanol–water partition coefficient (Wildman–Crippen LogP) is 1.14. The number of benzene rings is 1. The molecule has 2 rings (SSSR count). The fourth-order valence-corrected chi connectivity index (χ4v) is 2.98. The van der Waals surface area contributed by atoms with Crippen LogP contribution in [0.4, 0.5) is 0 Å². The zero-order valence-corrected chi connectivity index (χ0v) is 15.7. The number of β-amino-alcohol motifs (C(OH)–C–C–N with tert-alkyl or cyclic N) is 1. The maximum absolute atomic E-state index is 12.0. The van der Waals surface area contributed by atoms with E-state index in [4.69, 9.17) is 16.3 Å². The monoisotopic (exact) mass is 384 g/mol. The van der Waals surface area contributed by atoms with E-state index < -0.39 is 18.1 Å². The van der Waals surface area contributed by atoms with Crippen molar-refractivity contribution in [2.75, 3.05) is 33.4 Å². The summed E-state index contributed by atoms with van der Waals surface area (Å²) < 4.78 is 10.4. The van der Waals surface area contributed by atoms with E-state index in [0.717, 1.165) is 5.56 Å². The van der Waals surface area contributed by atoms with Crippen LogP contribution in [0.3, 0.4) is 0 Å². The van der Waals surface area contributed by atoms with E-state index >= 15 is 0 Å². The van der Waals surface area contributed by atoms with Crippen LogP contribution in [0.15, 0.2) is 24.3 Å². The molecule has 0 bridgehead atoms. The average molecular weight is 385 g/mol. The molecular weight excluding hydrogens is 360 g/mol. The molecule has 1 aliphatic heterocycles. The second-order valence-electron chi connectivity index (χ2n) is 6.26. The lowest BCUT2D eigenvalue weighted by molar-refractivity contribution is -0.146. The second-order valence-corrected chi connectivity index (χ2v) is 6.70. The third-order valence-electron chi connectivity index (χ3n) is 4.35. The second kappa shape index (κ2) is 9.87. The number of esters is 1. The molecule has 0 spiro atoms. The molecule has 7 nitrogen and oxygen atoms in total. The van der Waals surface area contributed by atoms with Gasteiger partial charge in [0.1, 0.15) is 0 Å². The molecule has 3 unspecified atom stereocenters. The van der Waals surface area contributed by atoms with Crippen LogP contribution in [0.25, 0.3) is 0 Å². The van der Waals surface area contributed by atoms with Crippen molar-refractivity contribution in [2.24, 2.45) is 0 Å². The summed E-state index contributed by atoms with van der Waals surface area (Å²) in [4.78, 5) is 25.3. The van der Waals surface area contributed by atoms with Crippen molar-refractivity contribution < 1.29 is 24.2 Å². The van der Waals surface area contributed by atoms with E-state index in [0.29, 0.717) is 18.1 Å². The van der Waals surface area contributed by atoms with E-state index in [-0.39, 0.29) is 31.6 Å². The number of carbonyl (C=O) groups excluding carboxylic acids is 2. The van der Waals surface area contributed by atoms with Crippen molar-refractivity contribution in [3.63, 3.8) is 0 Å². The highest BCUT2D eigenvalue weighted by atomic mass is 35.5. The Morgan fingerprint density at radius 1 is 1.42 bits per heavy atom. The van der Waals surface area contributed by atoms with Gasteiger partial charge in [0, 0.05) is 24.7 Å². The number of ether oxygens (including phenoxy) is 2. The third kappa shape index (κ3) is 5.95. The van der Waals surface area contributed by atoms with E-state index in [1.54, 1.807) is 17.0 Å². The zero-order chi connectivity index (χ0) is 19.1. The summed E-state index contributed by atoms with van der Waals surface area (Å²) >= 11 is 5.87. The SMILES string of the molecule is COC(=O)CC1C(=O)NCCN1CC(O)COC(C)c1ccc(Cl)cc1. The summed E-state index contributed by atoms with van der Waals surface area (Å²) in [6.45, 7) is 3.28. The molecule has 3 atom stereocenters. The van der Waals surface area contributed by atoms with Crippen molar-refractivity contribution in [1.82, 2.24) is 10.2 Å². The number of nitrogens with zero attached hydrogens (tertiary/aromatic N) is 1. The molecule has 0 aromatic heterocycles. The highest BCUT2D eigenvalue weighted by molar-refractivity contribution is 6.30. The van der Waals surface area contributed by atoms with Gasteiger partial charge in [0.25, 0.3) is 0 Å². The van der Waals surface area contributed by atoms with Crippen LogP contribution in [0.2, 0.25) is 5.02 Å². The molecule has 1 amide bonds. The highest BCUT2D eigenvalue weighted by Crippen LogP contribution is 2.19. The first-order valence-electron chi connectivity index (χ1n) is 8.54. The molecule has 1 aromatic carbocycles. The molecule has 1 fully saturated rings. The Kier molecular flexibility index (Phi) is 7.84. The summed E-state index contributed by atoms with van der Waals surface area (Å²) in [6, 6.07) is 6.69. The standard InChI is InChI=1S/C18H25ClN2O5/c1-12(13-3-5-14(19)6-4-13)26-11-15(22)10-21-8-7-20-18(24)16(21)9-17(23)25-2/h3-6,12,15-16,22H,7-11H2,1-2H3,(H,20,24). The van der Waals surface area contributed by atoms with E-state index in [1.807, 2.05) is 19.1 Å². The zero-order valence-electron chi connectivity index (χ0n) is 15.0. The Morgan fingerprint density at radius 2 is 2.12 bits per heavy atom. The number of aliphatic hydroxyl groups is 1. The molecule has 1 aromatic rings. The number of hydrogen-bond acceptors (Lipinski definition) is 6. The van der Waals surface area contributed by atoms with Crippen LogP contribution in [0, 0.1) is 0 Å². The van der Waals surface area contributed by atoms with Gasteiger partial charge in [-0.05, 0) is 24.6 Å². The van der Waals surface area contributed by atoms with E-state index in [9.17, 15) is 14.7 Å². The van der Waals surface area contributed by atoms with Crippen molar-refractivity contribution in [3.8, 4) is 0 Å². The largest absolute Gasteiger partial charge is 0.469 e. The smallest absolute Gasteiger partial charge is 0.307 e. The molecule has 0 radical (unpaired) electrons. The molecule has 1 aliphatic rings. The number of rotatable bonds is 8.